The van der Waals surface area contributed by atoms with E-state index in [1.807, 2.05) is 13.8 Å². The average molecular weight is 295 g/mol. The summed E-state index contributed by atoms with van der Waals surface area (Å²) >= 11 is 0. The lowest BCUT2D eigenvalue weighted by atomic mass is 10.2. The molecule has 19 heavy (non-hydrogen) atoms. The second-order valence-electron chi connectivity index (χ2n) is 4.54. The standard InChI is InChI=1S/C11H21NO6S/c1-9(2)8-12(6-4-11(15)18-3)19(16,17)7-5-10(13)14/h9H,4-8H2,1-3H3,(H,13,14). The Hall–Kier alpha value is -1.15. The van der Waals surface area contributed by atoms with Crippen molar-refractivity contribution in [3.05, 3.63) is 0 Å². The number of ether oxygens (including phenoxy) is 1. The molecule has 0 rings (SSSR count). The number of nitrogens with zero attached hydrogens (tertiary/aromatic N) is 1. The Morgan fingerprint density at radius 2 is 1.84 bits per heavy atom. The highest BCUT2D eigenvalue weighted by atomic mass is 32.2. The Balaban J connectivity index is 4.71. The van der Waals surface area contributed by atoms with Gasteiger partial charge >= 0.3 is 11.9 Å². The van der Waals surface area contributed by atoms with E-state index in [1.54, 1.807) is 0 Å². The first-order chi connectivity index (χ1) is 8.69. The molecule has 0 radical (unpaired) electrons. The molecule has 0 aliphatic carbocycles. The van der Waals surface area contributed by atoms with Crippen LogP contribution < -0.4 is 0 Å². The van der Waals surface area contributed by atoms with Crippen LogP contribution in [0.25, 0.3) is 0 Å². The van der Waals surface area contributed by atoms with Crippen molar-refractivity contribution in [1.29, 1.82) is 0 Å². The third-order valence-corrected chi connectivity index (χ3v) is 4.17. The molecule has 8 heteroatoms. The predicted molar refractivity (Wildman–Crippen MR) is 69.1 cm³/mol. The quantitative estimate of drug-likeness (QED) is 0.614. The first kappa shape index (κ1) is 17.8. The molecule has 0 atom stereocenters. The van der Waals surface area contributed by atoms with E-state index in [0.717, 1.165) is 4.31 Å². The van der Waals surface area contributed by atoms with Crippen molar-refractivity contribution < 1.29 is 27.9 Å². The zero-order valence-electron chi connectivity index (χ0n) is 11.5. The topological polar surface area (TPSA) is 101 Å². The number of esters is 1. The Labute approximate surface area is 113 Å². The second-order valence-corrected chi connectivity index (χ2v) is 6.63. The molecule has 0 aromatic carbocycles. The Kier molecular flexibility index (Phi) is 7.62. The Morgan fingerprint density at radius 3 is 2.26 bits per heavy atom. The smallest absolute Gasteiger partial charge is 0.306 e. The molecule has 0 aromatic heterocycles. The normalized spacial score (nSPS) is 11.8. The van der Waals surface area contributed by atoms with Crippen LogP contribution in [0.5, 0.6) is 0 Å². The number of carboxylic acid groups (broad SMARTS) is 1. The average Bonchev–Trinajstić information content (AvgIpc) is 2.31. The summed E-state index contributed by atoms with van der Waals surface area (Å²) in [5, 5.41) is 8.54. The lowest BCUT2D eigenvalue weighted by Crippen LogP contribution is -2.38. The summed E-state index contributed by atoms with van der Waals surface area (Å²) in [5.74, 6) is -2.04. The minimum atomic E-state index is -3.67. The van der Waals surface area contributed by atoms with Gasteiger partial charge in [-0.2, -0.15) is 0 Å². The fourth-order valence-corrected chi connectivity index (χ4v) is 3.00. The Morgan fingerprint density at radius 1 is 1.26 bits per heavy atom. The van der Waals surface area contributed by atoms with Crippen LogP contribution in [-0.4, -0.2) is 55.7 Å². The van der Waals surface area contributed by atoms with Gasteiger partial charge in [0.15, 0.2) is 0 Å². The third kappa shape index (κ3) is 7.78. The maximum Gasteiger partial charge on any atom is 0.306 e. The van der Waals surface area contributed by atoms with Gasteiger partial charge in [0.1, 0.15) is 0 Å². The molecule has 0 saturated carbocycles. The van der Waals surface area contributed by atoms with Gasteiger partial charge in [0.05, 0.1) is 25.7 Å². The summed E-state index contributed by atoms with van der Waals surface area (Å²) in [6.07, 6.45) is -0.495. The molecule has 0 bridgehead atoms. The van der Waals surface area contributed by atoms with Crippen molar-refractivity contribution in [2.45, 2.75) is 26.7 Å². The lowest BCUT2D eigenvalue weighted by Gasteiger charge is -2.23. The van der Waals surface area contributed by atoms with Crippen LogP contribution in [0.1, 0.15) is 26.7 Å². The van der Waals surface area contributed by atoms with E-state index in [9.17, 15) is 18.0 Å². The van der Waals surface area contributed by atoms with Gasteiger partial charge in [-0.3, -0.25) is 9.59 Å². The maximum atomic E-state index is 12.0. The van der Waals surface area contributed by atoms with Crippen molar-refractivity contribution in [3.8, 4) is 0 Å². The highest BCUT2D eigenvalue weighted by molar-refractivity contribution is 7.89. The van der Waals surface area contributed by atoms with Gasteiger partial charge in [-0.15, -0.1) is 0 Å². The molecule has 1 N–H and O–H groups in total. The van der Waals surface area contributed by atoms with Crippen molar-refractivity contribution in [1.82, 2.24) is 4.31 Å². The molecule has 112 valence electrons. The fourth-order valence-electron chi connectivity index (χ4n) is 1.41. The monoisotopic (exact) mass is 295 g/mol. The number of aliphatic carboxylic acids is 1. The van der Waals surface area contributed by atoms with E-state index in [0.29, 0.717) is 0 Å². The van der Waals surface area contributed by atoms with Crippen LogP contribution in [0, 0.1) is 5.92 Å². The van der Waals surface area contributed by atoms with Gasteiger partial charge in [-0.05, 0) is 5.92 Å². The summed E-state index contributed by atoms with van der Waals surface area (Å²) < 4.78 is 29.6. The van der Waals surface area contributed by atoms with Crippen LogP contribution in [0.2, 0.25) is 0 Å². The van der Waals surface area contributed by atoms with Crippen LogP contribution >= 0.6 is 0 Å². The number of sulfonamides is 1. The van der Waals surface area contributed by atoms with Crippen LogP contribution in [0.3, 0.4) is 0 Å². The van der Waals surface area contributed by atoms with Crippen molar-refractivity contribution in [2.24, 2.45) is 5.92 Å². The van der Waals surface area contributed by atoms with Gasteiger partial charge in [0.2, 0.25) is 10.0 Å². The molecule has 0 unspecified atom stereocenters. The number of carbonyl (C=O) groups is 2. The van der Waals surface area contributed by atoms with Crippen molar-refractivity contribution in [2.75, 3.05) is 26.0 Å². The van der Waals surface area contributed by atoms with E-state index in [4.69, 9.17) is 5.11 Å². The Bertz CT molecular complexity index is 403. The summed E-state index contributed by atoms with van der Waals surface area (Å²) in [6, 6.07) is 0. The predicted octanol–water partition coefficient (Wildman–Crippen LogP) is 0.312. The molecule has 7 nitrogen and oxygen atoms in total. The summed E-state index contributed by atoms with van der Waals surface area (Å²) in [7, 11) is -2.44. The number of carbonyl (C=O) groups excluding carboxylic acids is 1. The van der Waals surface area contributed by atoms with E-state index >= 15 is 0 Å². The molecular weight excluding hydrogens is 274 g/mol. The van der Waals surface area contributed by atoms with Crippen molar-refractivity contribution in [3.63, 3.8) is 0 Å². The largest absolute Gasteiger partial charge is 0.481 e. The van der Waals surface area contributed by atoms with Gasteiger partial charge in [-0.25, -0.2) is 12.7 Å². The number of hydrogen-bond donors (Lipinski definition) is 1. The molecule has 0 aliphatic heterocycles. The molecule has 0 aromatic rings. The van der Waals surface area contributed by atoms with Crippen molar-refractivity contribution >= 4 is 22.0 Å². The highest BCUT2D eigenvalue weighted by Crippen LogP contribution is 2.09. The first-order valence-electron chi connectivity index (χ1n) is 5.95. The summed E-state index contributed by atoms with van der Waals surface area (Å²) in [5.41, 5.74) is 0. The fraction of sp³-hybridized carbons (Fsp3) is 0.818. The minimum absolute atomic E-state index is 0.00675. The second kappa shape index (κ2) is 8.11. The van der Waals surface area contributed by atoms with E-state index < -0.39 is 34.1 Å². The summed E-state index contributed by atoms with van der Waals surface area (Å²) in [6.45, 7) is 3.95. The maximum absolute atomic E-state index is 12.0. The molecule has 0 fully saturated rings. The molecule has 0 amide bonds. The van der Waals surface area contributed by atoms with E-state index in [1.165, 1.54) is 7.11 Å². The third-order valence-electron chi connectivity index (χ3n) is 2.33. The van der Waals surface area contributed by atoms with Crippen LogP contribution in [-0.2, 0) is 24.3 Å². The molecule has 0 heterocycles. The first-order valence-corrected chi connectivity index (χ1v) is 7.56. The van der Waals surface area contributed by atoms with E-state index in [-0.39, 0.29) is 25.4 Å². The number of hydrogen-bond acceptors (Lipinski definition) is 5. The zero-order chi connectivity index (χ0) is 15.1. The van der Waals surface area contributed by atoms with Crippen LogP contribution in [0.4, 0.5) is 0 Å². The van der Waals surface area contributed by atoms with Gasteiger partial charge in [-0.1, -0.05) is 13.8 Å². The van der Waals surface area contributed by atoms with Gasteiger partial charge in [0.25, 0.3) is 0 Å². The summed E-state index contributed by atoms with van der Waals surface area (Å²) in [4.78, 5) is 21.5. The number of rotatable bonds is 9. The SMILES string of the molecule is COC(=O)CCN(CC(C)C)S(=O)(=O)CCC(=O)O. The number of methoxy groups -OCH3 is 1. The van der Waals surface area contributed by atoms with Gasteiger partial charge < -0.3 is 9.84 Å². The van der Waals surface area contributed by atoms with Gasteiger partial charge in [0, 0.05) is 13.1 Å². The number of carboxylic acids is 1. The van der Waals surface area contributed by atoms with Crippen LogP contribution in [0.15, 0.2) is 0 Å². The lowest BCUT2D eigenvalue weighted by molar-refractivity contribution is -0.141. The molecular formula is C11H21NO6S. The molecule has 0 aliphatic rings. The molecule has 0 saturated heterocycles. The molecule has 0 spiro atoms. The minimum Gasteiger partial charge on any atom is -0.481 e. The highest BCUT2D eigenvalue weighted by Gasteiger charge is 2.24. The van der Waals surface area contributed by atoms with E-state index in [2.05, 4.69) is 4.74 Å². The zero-order valence-corrected chi connectivity index (χ0v) is 12.3.